The van der Waals surface area contributed by atoms with E-state index in [-0.39, 0.29) is 5.91 Å². The molecule has 0 saturated heterocycles. The van der Waals surface area contributed by atoms with Gasteiger partial charge in [0.05, 0.1) is 0 Å². The van der Waals surface area contributed by atoms with Crippen molar-refractivity contribution in [3.05, 3.63) is 83.6 Å². The van der Waals surface area contributed by atoms with Crippen LogP contribution in [0, 0.1) is 6.92 Å². The molecular formula is C21H22N4O. The summed E-state index contributed by atoms with van der Waals surface area (Å²) in [5.41, 5.74) is 3.58. The van der Waals surface area contributed by atoms with Crippen molar-refractivity contribution in [3.8, 4) is 0 Å². The third-order valence-electron chi connectivity index (χ3n) is 4.11. The van der Waals surface area contributed by atoms with E-state index in [2.05, 4.69) is 46.7 Å². The van der Waals surface area contributed by atoms with Crippen LogP contribution in [0.5, 0.6) is 0 Å². The number of carbonyl (C=O) groups excluding carboxylic acids is 1. The molecular weight excluding hydrogens is 324 g/mol. The van der Waals surface area contributed by atoms with Crippen LogP contribution in [0.1, 0.15) is 28.5 Å². The molecule has 1 aromatic heterocycles. The number of carbonyl (C=O) groups is 1. The average molecular weight is 346 g/mol. The fourth-order valence-corrected chi connectivity index (χ4v) is 2.63. The first-order valence-electron chi connectivity index (χ1n) is 8.67. The van der Waals surface area contributed by atoms with Gasteiger partial charge in [0.2, 0.25) is 0 Å². The normalized spacial score (nSPS) is 10.4. The summed E-state index contributed by atoms with van der Waals surface area (Å²) in [5.74, 6) is 0.487. The standard InChI is InChI=1S/C21H22N4O/c1-3-25(18-7-5-4-6-8-18)21(26)19-13-14-20(24-23-19)22-15-17-11-9-16(2)10-12-17/h4-14H,3,15H2,1-2H3,(H,22,24). The Morgan fingerprint density at radius 1 is 0.962 bits per heavy atom. The highest BCUT2D eigenvalue weighted by Gasteiger charge is 2.17. The van der Waals surface area contributed by atoms with Crippen LogP contribution in [0.3, 0.4) is 0 Å². The lowest BCUT2D eigenvalue weighted by atomic mass is 10.1. The van der Waals surface area contributed by atoms with Gasteiger partial charge in [0.25, 0.3) is 5.91 Å². The topological polar surface area (TPSA) is 58.1 Å². The zero-order chi connectivity index (χ0) is 18.4. The summed E-state index contributed by atoms with van der Waals surface area (Å²) in [6, 6.07) is 21.4. The highest BCUT2D eigenvalue weighted by molar-refractivity contribution is 6.04. The van der Waals surface area contributed by atoms with E-state index in [1.54, 1.807) is 17.0 Å². The summed E-state index contributed by atoms with van der Waals surface area (Å²) in [6.07, 6.45) is 0. The lowest BCUT2D eigenvalue weighted by Gasteiger charge is -2.20. The fraction of sp³-hybridized carbons (Fsp3) is 0.190. The summed E-state index contributed by atoms with van der Waals surface area (Å²) < 4.78 is 0. The predicted octanol–water partition coefficient (Wildman–Crippen LogP) is 4.06. The number of aryl methyl sites for hydroxylation is 1. The van der Waals surface area contributed by atoms with Gasteiger partial charge >= 0.3 is 0 Å². The molecule has 5 heteroatoms. The molecule has 0 radical (unpaired) electrons. The lowest BCUT2D eigenvalue weighted by Crippen LogP contribution is -2.31. The Hall–Kier alpha value is -3.21. The molecule has 0 unspecified atom stereocenters. The van der Waals surface area contributed by atoms with Crippen molar-refractivity contribution in [2.24, 2.45) is 0 Å². The zero-order valence-corrected chi connectivity index (χ0v) is 15.0. The van der Waals surface area contributed by atoms with Gasteiger partial charge in [-0.1, -0.05) is 48.0 Å². The van der Waals surface area contributed by atoms with Crippen molar-refractivity contribution < 1.29 is 4.79 Å². The Bertz CT molecular complexity index is 845. The number of benzene rings is 2. The number of hydrogen-bond donors (Lipinski definition) is 1. The van der Waals surface area contributed by atoms with Crippen molar-refractivity contribution in [2.75, 3.05) is 16.8 Å². The first-order chi connectivity index (χ1) is 12.7. The SMILES string of the molecule is CCN(C(=O)c1ccc(NCc2ccc(C)cc2)nn1)c1ccccc1. The molecule has 0 aliphatic rings. The third-order valence-corrected chi connectivity index (χ3v) is 4.11. The molecule has 0 fully saturated rings. The predicted molar refractivity (Wildman–Crippen MR) is 104 cm³/mol. The van der Waals surface area contributed by atoms with E-state index >= 15 is 0 Å². The van der Waals surface area contributed by atoms with Crippen molar-refractivity contribution in [3.63, 3.8) is 0 Å². The Labute approximate surface area is 153 Å². The molecule has 0 saturated carbocycles. The Kier molecular flexibility index (Phi) is 5.59. The average Bonchev–Trinajstić information content (AvgIpc) is 2.69. The minimum absolute atomic E-state index is 0.156. The first-order valence-corrected chi connectivity index (χ1v) is 8.67. The van der Waals surface area contributed by atoms with E-state index in [9.17, 15) is 4.79 Å². The minimum Gasteiger partial charge on any atom is -0.365 e. The molecule has 0 aliphatic carbocycles. The molecule has 5 nitrogen and oxygen atoms in total. The molecule has 1 N–H and O–H groups in total. The molecule has 0 spiro atoms. The molecule has 0 atom stereocenters. The van der Waals surface area contributed by atoms with Crippen molar-refractivity contribution in [1.29, 1.82) is 0 Å². The Morgan fingerprint density at radius 3 is 2.31 bits per heavy atom. The van der Waals surface area contributed by atoms with Crippen molar-refractivity contribution in [1.82, 2.24) is 10.2 Å². The van der Waals surface area contributed by atoms with Crippen LogP contribution in [0.2, 0.25) is 0 Å². The van der Waals surface area contributed by atoms with Crippen LogP contribution in [-0.4, -0.2) is 22.6 Å². The van der Waals surface area contributed by atoms with Crippen LogP contribution in [0.25, 0.3) is 0 Å². The second-order valence-corrected chi connectivity index (χ2v) is 6.03. The lowest BCUT2D eigenvalue weighted by molar-refractivity contribution is 0.0982. The summed E-state index contributed by atoms with van der Waals surface area (Å²) in [5, 5.41) is 11.5. The number of anilines is 2. The van der Waals surface area contributed by atoms with Gasteiger partial charge in [-0.25, -0.2) is 0 Å². The second-order valence-electron chi connectivity index (χ2n) is 6.03. The van der Waals surface area contributed by atoms with Crippen LogP contribution >= 0.6 is 0 Å². The maximum Gasteiger partial charge on any atom is 0.278 e. The fourth-order valence-electron chi connectivity index (χ4n) is 2.63. The molecule has 1 amide bonds. The van der Waals surface area contributed by atoms with E-state index in [4.69, 9.17) is 0 Å². The van der Waals surface area contributed by atoms with E-state index in [0.29, 0.717) is 24.6 Å². The Balaban J connectivity index is 1.66. The molecule has 3 aromatic rings. The van der Waals surface area contributed by atoms with Gasteiger partial charge in [-0.15, -0.1) is 10.2 Å². The number of nitrogens with zero attached hydrogens (tertiary/aromatic N) is 3. The van der Waals surface area contributed by atoms with Gasteiger partial charge in [-0.05, 0) is 43.7 Å². The second kappa shape index (κ2) is 8.25. The third kappa shape index (κ3) is 4.25. The monoisotopic (exact) mass is 346 g/mol. The van der Waals surface area contributed by atoms with Crippen LogP contribution in [0.15, 0.2) is 66.7 Å². The molecule has 0 aliphatic heterocycles. The van der Waals surface area contributed by atoms with Gasteiger partial charge in [0.15, 0.2) is 5.69 Å². The minimum atomic E-state index is -0.156. The summed E-state index contributed by atoms with van der Waals surface area (Å²) in [6.45, 7) is 5.23. The van der Waals surface area contributed by atoms with E-state index in [1.807, 2.05) is 37.3 Å². The highest BCUT2D eigenvalue weighted by atomic mass is 16.2. The maximum atomic E-state index is 12.7. The van der Waals surface area contributed by atoms with Crippen LogP contribution in [-0.2, 0) is 6.54 Å². The number of rotatable bonds is 6. The first kappa shape index (κ1) is 17.6. The van der Waals surface area contributed by atoms with Gasteiger partial charge in [-0.2, -0.15) is 0 Å². The van der Waals surface area contributed by atoms with Gasteiger partial charge in [0, 0.05) is 18.8 Å². The summed E-state index contributed by atoms with van der Waals surface area (Å²) in [4.78, 5) is 14.4. The van der Waals surface area contributed by atoms with Crippen molar-refractivity contribution in [2.45, 2.75) is 20.4 Å². The van der Waals surface area contributed by atoms with E-state index in [0.717, 1.165) is 5.69 Å². The molecule has 3 rings (SSSR count). The number of amides is 1. The van der Waals surface area contributed by atoms with Gasteiger partial charge < -0.3 is 10.2 Å². The molecule has 1 heterocycles. The Morgan fingerprint density at radius 2 is 1.69 bits per heavy atom. The van der Waals surface area contributed by atoms with E-state index in [1.165, 1.54) is 11.1 Å². The molecule has 26 heavy (non-hydrogen) atoms. The summed E-state index contributed by atoms with van der Waals surface area (Å²) >= 11 is 0. The quantitative estimate of drug-likeness (QED) is 0.731. The van der Waals surface area contributed by atoms with Crippen molar-refractivity contribution >= 4 is 17.4 Å². The van der Waals surface area contributed by atoms with E-state index < -0.39 is 0 Å². The zero-order valence-electron chi connectivity index (χ0n) is 15.0. The largest absolute Gasteiger partial charge is 0.365 e. The molecule has 2 aromatic carbocycles. The number of aromatic nitrogens is 2. The number of nitrogens with one attached hydrogen (secondary N) is 1. The molecule has 132 valence electrons. The maximum absolute atomic E-state index is 12.7. The van der Waals surface area contributed by atoms with Gasteiger partial charge in [-0.3, -0.25) is 4.79 Å². The highest BCUT2D eigenvalue weighted by Crippen LogP contribution is 2.16. The number of hydrogen-bond acceptors (Lipinski definition) is 4. The smallest absolute Gasteiger partial charge is 0.278 e. The summed E-state index contributed by atoms with van der Waals surface area (Å²) in [7, 11) is 0. The van der Waals surface area contributed by atoms with Gasteiger partial charge in [0.1, 0.15) is 5.82 Å². The molecule has 0 bridgehead atoms. The van der Waals surface area contributed by atoms with Crippen LogP contribution < -0.4 is 10.2 Å². The van der Waals surface area contributed by atoms with Crippen LogP contribution in [0.4, 0.5) is 11.5 Å². The number of para-hydroxylation sites is 1.